The summed E-state index contributed by atoms with van der Waals surface area (Å²) in [5, 5.41) is 17.9. The first-order valence-corrected chi connectivity index (χ1v) is 8.56. The second-order valence-electron chi connectivity index (χ2n) is 5.50. The van der Waals surface area contributed by atoms with Crippen LogP contribution in [0.5, 0.6) is 0 Å². The van der Waals surface area contributed by atoms with Gasteiger partial charge in [0.1, 0.15) is 11.9 Å². The first-order chi connectivity index (χ1) is 11.7. The molecule has 2 N–H and O–H groups in total. The van der Waals surface area contributed by atoms with Crippen LogP contribution in [0.2, 0.25) is 0 Å². The molecular formula is C15H19N3O5S. The van der Waals surface area contributed by atoms with Crippen molar-refractivity contribution in [2.24, 2.45) is 0 Å². The lowest BCUT2D eigenvalue weighted by atomic mass is 10.1. The van der Waals surface area contributed by atoms with E-state index in [1.807, 2.05) is 5.38 Å². The molecule has 0 bridgehead atoms. The summed E-state index contributed by atoms with van der Waals surface area (Å²) in [6.07, 6.45) is 0.369. The first-order valence-electron chi connectivity index (χ1n) is 7.62. The van der Waals surface area contributed by atoms with Crippen molar-refractivity contribution in [3.05, 3.63) is 33.6 Å². The van der Waals surface area contributed by atoms with Crippen LogP contribution in [-0.2, 0) is 22.7 Å². The largest absolute Gasteiger partial charge is 0.391 e. The minimum atomic E-state index is -0.384. The molecule has 9 heteroatoms. The fourth-order valence-electron chi connectivity index (χ4n) is 2.53. The molecule has 2 aromatic heterocycles. The van der Waals surface area contributed by atoms with Crippen molar-refractivity contribution in [3.8, 4) is 0 Å². The fourth-order valence-corrected chi connectivity index (χ4v) is 3.08. The second kappa shape index (κ2) is 7.84. The van der Waals surface area contributed by atoms with Crippen molar-refractivity contribution in [3.63, 3.8) is 0 Å². The summed E-state index contributed by atoms with van der Waals surface area (Å²) in [4.78, 5) is 16.6. The summed E-state index contributed by atoms with van der Waals surface area (Å²) >= 11 is 1.51. The van der Waals surface area contributed by atoms with Crippen LogP contribution in [0.15, 0.2) is 15.4 Å². The molecule has 0 unspecified atom stereocenters. The van der Waals surface area contributed by atoms with Gasteiger partial charge in [0.05, 0.1) is 42.6 Å². The van der Waals surface area contributed by atoms with Gasteiger partial charge in [0.2, 0.25) is 0 Å². The number of hydrogen-bond acceptors (Lipinski definition) is 8. The zero-order valence-corrected chi connectivity index (χ0v) is 14.0. The van der Waals surface area contributed by atoms with Gasteiger partial charge >= 0.3 is 0 Å². The minimum Gasteiger partial charge on any atom is -0.391 e. The van der Waals surface area contributed by atoms with E-state index in [4.69, 9.17) is 14.0 Å². The van der Waals surface area contributed by atoms with Crippen LogP contribution < -0.4 is 5.32 Å². The maximum Gasteiger partial charge on any atom is 0.274 e. The van der Waals surface area contributed by atoms with Crippen LogP contribution in [0.4, 0.5) is 0 Å². The summed E-state index contributed by atoms with van der Waals surface area (Å²) < 4.78 is 16.3. The number of amides is 1. The SMILES string of the molecule is Cc1onc(C(=O)N[C@@H]2CCOC[C@H]2OCc2cscn2)c1CO. The van der Waals surface area contributed by atoms with Crippen LogP contribution in [0, 0.1) is 6.92 Å². The van der Waals surface area contributed by atoms with Gasteiger partial charge in [-0.1, -0.05) is 5.16 Å². The third-order valence-corrected chi connectivity index (χ3v) is 4.54. The standard InChI is InChI=1S/C15H19N3O5S/c1-9-11(4-19)14(18-23-9)15(20)17-12-2-3-21-6-13(12)22-5-10-7-24-8-16-10/h7-8,12-13,19H,2-6H2,1H3,(H,17,20)/t12-,13-/m1/s1. The van der Waals surface area contributed by atoms with E-state index < -0.39 is 0 Å². The monoisotopic (exact) mass is 353 g/mol. The predicted octanol–water partition coefficient (Wildman–Crippen LogP) is 1.04. The number of rotatable bonds is 6. The summed E-state index contributed by atoms with van der Waals surface area (Å²) in [5.74, 6) is 0.0519. The number of aromatic nitrogens is 2. The van der Waals surface area contributed by atoms with Gasteiger partial charge < -0.3 is 24.4 Å². The van der Waals surface area contributed by atoms with Crippen molar-refractivity contribution in [1.29, 1.82) is 0 Å². The lowest BCUT2D eigenvalue weighted by Crippen LogP contribution is -2.50. The van der Waals surface area contributed by atoms with E-state index in [2.05, 4.69) is 15.5 Å². The Balaban J connectivity index is 1.63. The number of carbonyl (C=O) groups excluding carboxylic acids is 1. The average molecular weight is 353 g/mol. The van der Waals surface area contributed by atoms with Gasteiger partial charge in [0.15, 0.2) is 5.69 Å². The smallest absolute Gasteiger partial charge is 0.274 e. The normalized spacial score (nSPS) is 20.9. The molecule has 1 fully saturated rings. The highest BCUT2D eigenvalue weighted by Gasteiger charge is 2.30. The lowest BCUT2D eigenvalue weighted by Gasteiger charge is -2.31. The first kappa shape index (κ1) is 17.0. The quantitative estimate of drug-likeness (QED) is 0.799. The van der Waals surface area contributed by atoms with E-state index in [0.717, 1.165) is 5.69 Å². The van der Waals surface area contributed by atoms with E-state index in [-0.39, 0.29) is 30.4 Å². The number of aryl methyl sites for hydroxylation is 1. The number of thiazole rings is 1. The van der Waals surface area contributed by atoms with E-state index in [9.17, 15) is 9.90 Å². The molecule has 1 amide bonds. The Morgan fingerprint density at radius 1 is 1.58 bits per heavy atom. The lowest BCUT2D eigenvalue weighted by molar-refractivity contribution is -0.0742. The molecule has 0 aliphatic carbocycles. The van der Waals surface area contributed by atoms with E-state index in [0.29, 0.717) is 37.6 Å². The molecule has 2 atom stereocenters. The van der Waals surface area contributed by atoms with Crippen LogP contribution in [0.3, 0.4) is 0 Å². The molecule has 0 radical (unpaired) electrons. The Morgan fingerprint density at radius 3 is 3.21 bits per heavy atom. The van der Waals surface area contributed by atoms with Gasteiger partial charge in [0, 0.05) is 12.0 Å². The topological polar surface area (TPSA) is 107 Å². The maximum absolute atomic E-state index is 12.4. The Bertz CT molecular complexity index is 673. The van der Waals surface area contributed by atoms with E-state index in [1.54, 1.807) is 12.4 Å². The molecule has 1 aliphatic heterocycles. The van der Waals surface area contributed by atoms with Gasteiger partial charge in [-0.25, -0.2) is 4.98 Å². The fraction of sp³-hybridized carbons (Fsp3) is 0.533. The molecule has 0 spiro atoms. The van der Waals surface area contributed by atoms with Crippen LogP contribution >= 0.6 is 11.3 Å². The van der Waals surface area contributed by atoms with Gasteiger partial charge in [-0.15, -0.1) is 11.3 Å². The molecular weight excluding hydrogens is 334 g/mol. The van der Waals surface area contributed by atoms with Crippen molar-refractivity contribution in [1.82, 2.24) is 15.5 Å². The molecule has 3 rings (SSSR count). The molecule has 0 aromatic carbocycles. The highest BCUT2D eigenvalue weighted by Crippen LogP contribution is 2.17. The van der Waals surface area contributed by atoms with Crippen LogP contribution in [-0.4, -0.2) is 46.5 Å². The number of carbonyl (C=O) groups is 1. The average Bonchev–Trinajstić information content (AvgIpc) is 3.23. The second-order valence-corrected chi connectivity index (χ2v) is 6.22. The number of ether oxygens (including phenoxy) is 2. The van der Waals surface area contributed by atoms with Crippen molar-refractivity contribution in [2.45, 2.75) is 38.7 Å². The Kier molecular flexibility index (Phi) is 5.56. The Labute approximate surface area is 142 Å². The summed E-state index contributed by atoms with van der Waals surface area (Å²) in [6.45, 7) is 2.68. The van der Waals surface area contributed by atoms with Gasteiger partial charge in [-0.3, -0.25) is 4.79 Å². The number of nitrogens with zero attached hydrogens (tertiary/aromatic N) is 2. The minimum absolute atomic E-state index is 0.111. The molecule has 0 saturated carbocycles. The van der Waals surface area contributed by atoms with E-state index >= 15 is 0 Å². The van der Waals surface area contributed by atoms with Crippen LogP contribution in [0.25, 0.3) is 0 Å². The highest BCUT2D eigenvalue weighted by atomic mass is 32.1. The molecule has 24 heavy (non-hydrogen) atoms. The summed E-state index contributed by atoms with van der Waals surface area (Å²) in [7, 11) is 0. The summed E-state index contributed by atoms with van der Waals surface area (Å²) in [5.41, 5.74) is 3.11. The zero-order chi connectivity index (χ0) is 16.9. The Hall–Kier alpha value is -1.81. The Morgan fingerprint density at radius 2 is 2.46 bits per heavy atom. The van der Waals surface area contributed by atoms with Gasteiger partial charge in [-0.05, 0) is 13.3 Å². The number of aliphatic hydroxyl groups excluding tert-OH is 1. The van der Waals surface area contributed by atoms with Gasteiger partial charge in [0.25, 0.3) is 5.91 Å². The number of aliphatic hydroxyl groups is 1. The number of hydrogen-bond donors (Lipinski definition) is 2. The number of nitrogens with one attached hydrogen (secondary N) is 1. The third kappa shape index (κ3) is 3.81. The molecule has 1 saturated heterocycles. The van der Waals surface area contributed by atoms with Crippen LogP contribution in [0.1, 0.15) is 33.9 Å². The van der Waals surface area contributed by atoms with Crippen molar-refractivity contribution in [2.75, 3.05) is 13.2 Å². The zero-order valence-electron chi connectivity index (χ0n) is 13.2. The summed E-state index contributed by atoms with van der Waals surface area (Å²) in [6, 6.07) is -0.201. The van der Waals surface area contributed by atoms with Crippen molar-refractivity contribution < 1.29 is 23.9 Å². The molecule has 2 aromatic rings. The predicted molar refractivity (Wildman–Crippen MR) is 84.5 cm³/mol. The van der Waals surface area contributed by atoms with Crippen molar-refractivity contribution >= 4 is 17.2 Å². The van der Waals surface area contributed by atoms with E-state index in [1.165, 1.54) is 11.3 Å². The molecule has 130 valence electrons. The molecule has 1 aliphatic rings. The molecule has 3 heterocycles. The molecule has 8 nitrogen and oxygen atoms in total. The highest BCUT2D eigenvalue weighted by molar-refractivity contribution is 7.07. The van der Waals surface area contributed by atoms with Gasteiger partial charge in [-0.2, -0.15) is 0 Å². The third-order valence-electron chi connectivity index (χ3n) is 3.91. The maximum atomic E-state index is 12.4.